The Morgan fingerprint density at radius 3 is 3.00 bits per heavy atom. The highest BCUT2D eigenvalue weighted by Gasteiger charge is 2.23. The molecular weight excluding hydrogens is 168 g/mol. The van der Waals surface area contributed by atoms with Crippen LogP contribution >= 0.6 is 0 Å². The number of hydrogen-bond donors (Lipinski definition) is 3. The van der Waals surface area contributed by atoms with E-state index in [0.29, 0.717) is 6.54 Å². The fraction of sp³-hybridized carbons (Fsp3) is 1.00. The number of β-amino-alcohol motifs (C(OH)–C–C–N with tert-alkyl or cyclic N) is 1. The third-order valence-corrected chi connectivity index (χ3v) is 2.26. The van der Waals surface area contributed by atoms with Crippen molar-refractivity contribution in [3.8, 4) is 0 Å². The van der Waals surface area contributed by atoms with Crippen LogP contribution in [-0.2, 0) is 4.74 Å². The lowest BCUT2D eigenvalue weighted by molar-refractivity contribution is 0.137. The van der Waals surface area contributed by atoms with Gasteiger partial charge in [-0.3, -0.25) is 0 Å². The average Bonchev–Trinajstić information content (AvgIpc) is 2.52. The summed E-state index contributed by atoms with van der Waals surface area (Å²) in [7, 11) is 0. The lowest BCUT2D eigenvalue weighted by atomic mass is 10.2. The van der Waals surface area contributed by atoms with Crippen LogP contribution in [-0.4, -0.2) is 50.1 Å². The number of nitrogens with one attached hydrogen (secondary N) is 2. The molecule has 1 rings (SSSR count). The van der Waals surface area contributed by atoms with Crippen LogP contribution in [0.5, 0.6) is 0 Å². The first kappa shape index (κ1) is 10.9. The van der Waals surface area contributed by atoms with Gasteiger partial charge in [-0.1, -0.05) is 0 Å². The van der Waals surface area contributed by atoms with Gasteiger partial charge >= 0.3 is 0 Å². The molecule has 0 unspecified atom stereocenters. The Morgan fingerprint density at radius 2 is 2.38 bits per heavy atom. The zero-order valence-electron chi connectivity index (χ0n) is 8.25. The van der Waals surface area contributed by atoms with Gasteiger partial charge in [0.25, 0.3) is 0 Å². The van der Waals surface area contributed by atoms with Crippen molar-refractivity contribution in [2.45, 2.75) is 25.5 Å². The molecule has 0 spiro atoms. The van der Waals surface area contributed by atoms with Gasteiger partial charge in [0.2, 0.25) is 0 Å². The monoisotopic (exact) mass is 188 g/mol. The number of rotatable bonds is 6. The second kappa shape index (κ2) is 6.32. The molecule has 0 amide bonds. The SMILES string of the molecule is CCOCCCN[C@@H]1CNC[C@H]1O. The molecule has 4 nitrogen and oxygen atoms in total. The van der Waals surface area contributed by atoms with Gasteiger partial charge in [-0.05, 0) is 19.9 Å². The molecular formula is C9H20N2O2. The third kappa shape index (κ3) is 4.04. The molecule has 1 aliphatic heterocycles. The summed E-state index contributed by atoms with van der Waals surface area (Å²) >= 11 is 0. The predicted octanol–water partition coefficient (Wildman–Crippen LogP) is -0.665. The minimum atomic E-state index is -0.230. The van der Waals surface area contributed by atoms with E-state index in [2.05, 4.69) is 10.6 Å². The average molecular weight is 188 g/mol. The van der Waals surface area contributed by atoms with Crippen molar-refractivity contribution in [2.75, 3.05) is 32.8 Å². The minimum absolute atomic E-state index is 0.224. The zero-order chi connectivity index (χ0) is 9.52. The van der Waals surface area contributed by atoms with Crippen molar-refractivity contribution in [3.05, 3.63) is 0 Å². The van der Waals surface area contributed by atoms with Crippen LogP contribution in [0, 0.1) is 0 Å². The Bertz CT molecular complexity index is 133. The molecule has 13 heavy (non-hydrogen) atoms. The summed E-state index contributed by atoms with van der Waals surface area (Å²) < 4.78 is 5.21. The van der Waals surface area contributed by atoms with Crippen molar-refractivity contribution in [3.63, 3.8) is 0 Å². The molecule has 1 heterocycles. The van der Waals surface area contributed by atoms with Crippen LogP contribution in [0.1, 0.15) is 13.3 Å². The molecule has 0 aromatic heterocycles. The van der Waals surface area contributed by atoms with Crippen molar-refractivity contribution in [2.24, 2.45) is 0 Å². The summed E-state index contributed by atoms with van der Waals surface area (Å²) in [5.74, 6) is 0. The maximum Gasteiger partial charge on any atom is 0.0829 e. The zero-order valence-corrected chi connectivity index (χ0v) is 8.25. The van der Waals surface area contributed by atoms with Crippen LogP contribution in [0.25, 0.3) is 0 Å². The summed E-state index contributed by atoms with van der Waals surface area (Å²) in [5, 5.41) is 15.9. The van der Waals surface area contributed by atoms with Gasteiger partial charge in [0.05, 0.1) is 6.10 Å². The Kier molecular flexibility index (Phi) is 5.31. The Balaban J connectivity index is 1.93. The highest BCUT2D eigenvalue weighted by molar-refractivity contribution is 4.85. The molecule has 1 fully saturated rings. The van der Waals surface area contributed by atoms with E-state index in [0.717, 1.165) is 32.7 Å². The highest BCUT2D eigenvalue weighted by Crippen LogP contribution is 1.98. The first-order chi connectivity index (χ1) is 6.34. The van der Waals surface area contributed by atoms with E-state index in [4.69, 9.17) is 4.74 Å². The number of aliphatic hydroxyl groups excluding tert-OH is 1. The highest BCUT2D eigenvalue weighted by atomic mass is 16.5. The van der Waals surface area contributed by atoms with Crippen LogP contribution in [0.3, 0.4) is 0 Å². The van der Waals surface area contributed by atoms with Crippen molar-refractivity contribution in [1.82, 2.24) is 10.6 Å². The van der Waals surface area contributed by atoms with E-state index in [1.54, 1.807) is 0 Å². The first-order valence-corrected chi connectivity index (χ1v) is 5.04. The molecule has 3 N–H and O–H groups in total. The molecule has 0 aromatic carbocycles. The number of aliphatic hydroxyl groups is 1. The first-order valence-electron chi connectivity index (χ1n) is 5.04. The van der Waals surface area contributed by atoms with Crippen LogP contribution < -0.4 is 10.6 Å². The topological polar surface area (TPSA) is 53.5 Å². The normalized spacial score (nSPS) is 28.2. The van der Waals surface area contributed by atoms with E-state index in [1.807, 2.05) is 6.92 Å². The van der Waals surface area contributed by atoms with Crippen molar-refractivity contribution >= 4 is 0 Å². The lowest BCUT2D eigenvalue weighted by Gasteiger charge is -2.14. The van der Waals surface area contributed by atoms with Gasteiger partial charge in [0.1, 0.15) is 0 Å². The van der Waals surface area contributed by atoms with Crippen LogP contribution in [0.15, 0.2) is 0 Å². The van der Waals surface area contributed by atoms with Gasteiger partial charge in [-0.15, -0.1) is 0 Å². The van der Waals surface area contributed by atoms with E-state index in [-0.39, 0.29) is 12.1 Å². The fourth-order valence-electron chi connectivity index (χ4n) is 1.48. The van der Waals surface area contributed by atoms with Crippen LogP contribution in [0.4, 0.5) is 0 Å². The quantitative estimate of drug-likeness (QED) is 0.484. The van der Waals surface area contributed by atoms with E-state index < -0.39 is 0 Å². The second-order valence-corrected chi connectivity index (χ2v) is 3.34. The predicted molar refractivity (Wildman–Crippen MR) is 51.8 cm³/mol. The summed E-state index contributed by atoms with van der Waals surface area (Å²) in [4.78, 5) is 0. The molecule has 1 aliphatic rings. The second-order valence-electron chi connectivity index (χ2n) is 3.34. The van der Waals surface area contributed by atoms with Gasteiger partial charge < -0.3 is 20.5 Å². The summed E-state index contributed by atoms with van der Waals surface area (Å²) in [6.07, 6.45) is 0.781. The Morgan fingerprint density at radius 1 is 1.54 bits per heavy atom. The van der Waals surface area contributed by atoms with Gasteiger partial charge in [0.15, 0.2) is 0 Å². The van der Waals surface area contributed by atoms with Gasteiger partial charge in [0, 0.05) is 32.3 Å². The molecule has 4 heteroatoms. The maximum atomic E-state index is 9.44. The van der Waals surface area contributed by atoms with E-state index in [1.165, 1.54) is 0 Å². The molecule has 1 saturated heterocycles. The Hall–Kier alpha value is -0.160. The maximum absolute atomic E-state index is 9.44. The molecule has 78 valence electrons. The van der Waals surface area contributed by atoms with Crippen molar-refractivity contribution in [1.29, 1.82) is 0 Å². The smallest absolute Gasteiger partial charge is 0.0829 e. The van der Waals surface area contributed by atoms with E-state index >= 15 is 0 Å². The third-order valence-electron chi connectivity index (χ3n) is 2.26. The largest absolute Gasteiger partial charge is 0.390 e. The molecule has 0 bridgehead atoms. The lowest BCUT2D eigenvalue weighted by Crippen LogP contribution is -2.39. The van der Waals surface area contributed by atoms with Crippen molar-refractivity contribution < 1.29 is 9.84 Å². The number of ether oxygens (including phenoxy) is 1. The fourth-order valence-corrected chi connectivity index (χ4v) is 1.48. The Labute approximate surface area is 79.7 Å². The molecule has 0 aromatic rings. The van der Waals surface area contributed by atoms with Gasteiger partial charge in [-0.25, -0.2) is 0 Å². The summed E-state index contributed by atoms with van der Waals surface area (Å²) in [6, 6.07) is 0.224. The standard InChI is InChI=1S/C9H20N2O2/c1-2-13-5-3-4-11-8-6-10-7-9(8)12/h8-12H,2-7H2,1H3/t8-,9-/m1/s1. The number of hydrogen-bond acceptors (Lipinski definition) is 4. The minimum Gasteiger partial charge on any atom is -0.390 e. The molecule has 2 atom stereocenters. The van der Waals surface area contributed by atoms with Gasteiger partial charge in [-0.2, -0.15) is 0 Å². The van der Waals surface area contributed by atoms with Crippen LogP contribution in [0.2, 0.25) is 0 Å². The molecule has 0 aliphatic carbocycles. The summed E-state index contributed by atoms with van der Waals surface area (Å²) in [5.41, 5.74) is 0. The molecule has 0 saturated carbocycles. The molecule has 0 radical (unpaired) electrons. The summed E-state index contributed by atoms with van der Waals surface area (Å²) in [6.45, 7) is 6.09. The van der Waals surface area contributed by atoms with E-state index in [9.17, 15) is 5.11 Å².